The van der Waals surface area contributed by atoms with E-state index >= 15 is 0 Å². The van der Waals surface area contributed by atoms with Gasteiger partial charge in [-0.25, -0.2) is 0 Å². The zero-order chi connectivity index (χ0) is 20.4. The molecule has 2 heterocycles. The second kappa shape index (κ2) is 8.52. The summed E-state index contributed by atoms with van der Waals surface area (Å²) in [5.74, 6) is -1.54. The largest absolute Gasteiger partial charge is 0.508 e. The number of ether oxygens (including phenoxy) is 3. The average Bonchev–Trinajstić information content (AvgIpc) is 3.12. The number of piperidine rings is 1. The fraction of sp³-hybridized carbons (Fsp3) is 0.588. The Morgan fingerprint density at radius 2 is 1.96 bits per heavy atom. The lowest BCUT2D eigenvalue weighted by atomic mass is 10.1. The summed E-state index contributed by atoms with van der Waals surface area (Å²) in [5, 5.41) is 10.4. The standard InChI is InChI=1S/C17H23ClN2O7S/c1-25-16(22)12-20(11-13-10-14(18)2-3-15(13)21)28(23,24)19-6-4-17(5-7-19)26-8-9-27-17/h2-3,10,21H,4-9,11-12H2,1H3. The highest BCUT2D eigenvalue weighted by atomic mass is 35.5. The van der Waals surface area contributed by atoms with Crippen LogP contribution >= 0.6 is 11.6 Å². The molecule has 28 heavy (non-hydrogen) atoms. The molecule has 0 aliphatic carbocycles. The Morgan fingerprint density at radius 3 is 2.57 bits per heavy atom. The first kappa shape index (κ1) is 21.3. The number of phenols is 1. The van der Waals surface area contributed by atoms with Crippen LogP contribution in [0.5, 0.6) is 5.75 Å². The first-order valence-corrected chi connectivity index (χ1v) is 10.6. The molecular weight excluding hydrogens is 412 g/mol. The highest BCUT2D eigenvalue weighted by Gasteiger charge is 2.44. The second-order valence-corrected chi connectivity index (χ2v) is 9.00. The van der Waals surface area contributed by atoms with E-state index in [-0.39, 0.29) is 30.9 Å². The molecule has 0 saturated carbocycles. The third kappa shape index (κ3) is 4.58. The number of esters is 1. The van der Waals surface area contributed by atoms with Gasteiger partial charge in [0.15, 0.2) is 5.79 Å². The van der Waals surface area contributed by atoms with Crippen molar-refractivity contribution in [2.45, 2.75) is 25.2 Å². The van der Waals surface area contributed by atoms with Gasteiger partial charge >= 0.3 is 5.97 Å². The van der Waals surface area contributed by atoms with Crippen LogP contribution < -0.4 is 0 Å². The van der Waals surface area contributed by atoms with Gasteiger partial charge < -0.3 is 19.3 Å². The maximum absolute atomic E-state index is 13.2. The van der Waals surface area contributed by atoms with E-state index in [0.717, 1.165) is 4.31 Å². The van der Waals surface area contributed by atoms with Gasteiger partial charge in [0.05, 0.1) is 20.3 Å². The number of carbonyl (C=O) groups is 1. The Morgan fingerprint density at radius 1 is 1.32 bits per heavy atom. The molecule has 1 spiro atoms. The first-order chi connectivity index (χ1) is 13.3. The molecule has 156 valence electrons. The zero-order valence-corrected chi connectivity index (χ0v) is 17.0. The molecule has 0 radical (unpaired) electrons. The molecule has 0 aromatic heterocycles. The molecule has 0 bridgehead atoms. The van der Waals surface area contributed by atoms with Gasteiger partial charge in [0.1, 0.15) is 12.3 Å². The number of methoxy groups -OCH3 is 1. The normalized spacial score (nSPS) is 20.0. The van der Waals surface area contributed by atoms with E-state index in [2.05, 4.69) is 4.74 Å². The van der Waals surface area contributed by atoms with Gasteiger partial charge in [-0.3, -0.25) is 4.79 Å². The van der Waals surface area contributed by atoms with Crippen molar-refractivity contribution in [3.05, 3.63) is 28.8 Å². The summed E-state index contributed by atoms with van der Waals surface area (Å²) in [7, 11) is -2.82. The molecule has 9 nitrogen and oxygen atoms in total. The molecule has 2 saturated heterocycles. The van der Waals surface area contributed by atoms with Crippen LogP contribution in [0.4, 0.5) is 0 Å². The molecule has 2 aliphatic rings. The minimum Gasteiger partial charge on any atom is -0.508 e. The average molecular weight is 435 g/mol. The quantitative estimate of drug-likeness (QED) is 0.668. The number of halogens is 1. The van der Waals surface area contributed by atoms with Crippen LogP contribution in [0.2, 0.25) is 5.02 Å². The summed E-state index contributed by atoms with van der Waals surface area (Å²) in [4.78, 5) is 11.8. The number of benzene rings is 1. The number of carbonyl (C=O) groups excluding carboxylic acids is 1. The Hall–Kier alpha value is -1.43. The minimum atomic E-state index is -4.00. The molecule has 0 unspecified atom stereocenters. The van der Waals surface area contributed by atoms with Crippen LogP contribution in [-0.4, -0.2) is 73.8 Å². The van der Waals surface area contributed by atoms with E-state index in [9.17, 15) is 18.3 Å². The molecule has 1 aromatic rings. The number of aromatic hydroxyl groups is 1. The SMILES string of the molecule is COC(=O)CN(Cc1cc(Cl)ccc1O)S(=O)(=O)N1CCC2(CC1)OCCO2. The van der Waals surface area contributed by atoms with Crippen molar-refractivity contribution >= 4 is 27.8 Å². The monoisotopic (exact) mass is 434 g/mol. The highest BCUT2D eigenvalue weighted by Crippen LogP contribution is 2.33. The molecular formula is C17H23ClN2O7S. The molecule has 1 aromatic carbocycles. The highest BCUT2D eigenvalue weighted by molar-refractivity contribution is 7.86. The molecule has 1 N–H and O–H groups in total. The molecule has 2 aliphatic heterocycles. The van der Waals surface area contributed by atoms with Gasteiger partial charge in [0.25, 0.3) is 10.2 Å². The van der Waals surface area contributed by atoms with Crippen molar-refractivity contribution in [1.29, 1.82) is 0 Å². The summed E-state index contributed by atoms with van der Waals surface area (Å²) in [5.41, 5.74) is 0.288. The van der Waals surface area contributed by atoms with E-state index in [1.165, 1.54) is 29.6 Å². The van der Waals surface area contributed by atoms with Gasteiger partial charge in [0, 0.05) is 43.1 Å². The molecule has 11 heteroatoms. The van der Waals surface area contributed by atoms with Crippen LogP contribution in [0, 0.1) is 0 Å². The van der Waals surface area contributed by atoms with Gasteiger partial charge in [-0.05, 0) is 18.2 Å². The molecule has 0 atom stereocenters. The smallest absolute Gasteiger partial charge is 0.321 e. The Kier molecular flexibility index (Phi) is 6.47. The molecule has 2 fully saturated rings. The molecule has 3 rings (SSSR count). The summed E-state index contributed by atoms with van der Waals surface area (Å²) >= 11 is 5.96. The second-order valence-electron chi connectivity index (χ2n) is 6.63. The predicted octanol–water partition coefficient (Wildman–Crippen LogP) is 1.10. The summed E-state index contributed by atoms with van der Waals surface area (Å²) in [6.45, 7) is 0.672. The van der Waals surface area contributed by atoms with E-state index in [1.54, 1.807) is 0 Å². The van der Waals surface area contributed by atoms with Crippen molar-refractivity contribution < 1.29 is 32.5 Å². The maximum atomic E-state index is 13.2. The zero-order valence-electron chi connectivity index (χ0n) is 15.5. The van der Waals surface area contributed by atoms with E-state index < -0.39 is 28.5 Å². The fourth-order valence-corrected chi connectivity index (χ4v) is 5.04. The third-order valence-corrected chi connectivity index (χ3v) is 7.04. The fourth-order valence-electron chi connectivity index (χ4n) is 3.30. The van der Waals surface area contributed by atoms with E-state index in [1.807, 2.05) is 0 Å². The maximum Gasteiger partial charge on any atom is 0.321 e. The number of hydrogen-bond donors (Lipinski definition) is 1. The first-order valence-electron chi connectivity index (χ1n) is 8.83. The van der Waals surface area contributed by atoms with Crippen molar-refractivity contribution in [3.8, 4) is 5.75 Å². The van der Waals surface area contributed by atoms with Crippen molar-refractivity contribution in [3.63, 3.8) is 0 Å². The van der Waals surface area contributed by atoms with Crippen LogP contribution in [-0.2, 0) is 35.8 Å². The lowest BCUT2D eigenvalue weighted by molar-refractivity contribution is -0.179. The third-order valence-electron chi connectivity index (χ3n) is 4.87. The van der Waals surface area contributed by atoms with Crippen LogP contribution in [0.1, 0.15) is 18.4 Å². The lowest BCUT2D eigenvalue weighted by Gasteiger charge is -2.38. The summed E-state index contributed by atoms with van der Waals surface area (Å²) < 4.78 is 44.5. The lowest BCUT2D eigenvalue weighted by Crippen LogP contribution is -2.52. The van der Waals surface area contributed by atoms with Gasteiger partial charge in [-0.2, -0.15) is 17.0 Å². The van der Waals surface area contributed by atoms with Crippen LogP contribution in [0.3, 0.4) is 0 Å². The summed E-state index contributed by atoms with van der Waals surface area (Å²) in [6, 6.07) is 4.33. The van der Waals surface area contributed by atoms with E-state index in [0.29, 0.717) is 31.1 Å². The van der Waals surface area contributed by atoms with Crippen LogP contribution in [0.15, 0.2) is 18.2 Å². The number of nitrogens with zero attached hydrogens (tertiary/aromatic N) is 2. The Balaban J connectivity index is 1.80. The minimum absolute atomic E-state index is 0.111. The van der Waals surface area contributed by atoms with E-state index in [4.69, 9.17) is 21.1 Å². The number of phenolic OH excluding ortho intramolecular Hbond substituents is 1. The summed E-state index contributed by atoms with van der Waals surface area (Å²) in [6.07, 6.45) is 0.807. The van der Waals surface area contributed by atoms with Gasteiger partial charge in [0.2, 0.25) is 0 Å². The van der Waals surface area contributed by atoms with Gasteiger partial charge in [-0.15, -0.1) is 0 Å². The van der Waals surface area contributed by atoms with Crippen LogP contribution in [0.25, 0.3) is 0 Å². The number of rotatable bonds is 6. The number of hydrogen-bond acceptors (Lipinski definition) is 7. The Bertz CT molecular complexity index is 817. The molecule has 0 amide bonds. The van der Waals surface area contributed by atoms with Crippen molar-refractivity contribution in [2.75, 3.05) is 40.0 Å². The predicted molar refractivity (Wildman–Crippen MR) is 99.9 cm³/mol. The van der Waals surface area contributed by atoms with Crippen molar-refractivity contribution in [1.82, 2.24) is 8.61 Å². The van der Waals surface area contributed by atoms with Crippen molar-refractivity contribution in [2.24, 2.45) is 0 Å². The topological polar surface area (TPSA) is 106 Å². The van der Waals surface area contributed by atoms with Gasteiger partial charge in [-0.1, -0.05) is 11.6 Å². The Labute approximate surface area is 168 Å².